The molecule has 0 saturated heterocycles. The van der Waals surface area contributed by atoms with E-state index >= 15 is 0 Å². The van der Waals surface area contributed by atoms with Crippen LogP contribution in [-0.4, -0.2) is 19.3 Å². The molecule has 3 nitrogen and oxygen atoms in total. The van der Waals surface area contributed by atoms with Crippen LogP contribution in [-0.2, 0) is 0 Å². The van der Waals surface area contributed by atoms with Gasteiger partial charge in [-0.05, 0) is 24.6 Å². The second kappa shape index (κ2) is 4.84. The third-order valence-corrected chi connectivity index (χ3v) is 2.29. The van der Waals surface area contributed by atoms with Crippen LogP contribution in [0.2, 0.25) is 0 Å². The summed E-state index contributed by atoms with van der Waals surface area (Å²) < 4.78 is 10.4. The summed E-state index contributed by atoms with van der Waals surface area (Å²) in [7, 11) is 3.17. The SMILES string of the molecule is C=CC(O)c1cc(OC)c(C)cc1OC. The maximum Gasteiger partial charge on any atom is 0.125 e. The largest absolute Gasteiger partial charge is 0.496 e. The van der Waals surface area contributed by atoms with Crippen molar-refractivity contribution in [1.82, 2.24) is 0 Å². The van der Waals surface area contributed by atoms with E-state index in [0.29, 0.717) is 11.3 Å². The summed E-state index contributed by atoms with van der Waals surface area (Å²) in [5.74, 6) is 1.37. The number of aliphatic hydroxyl groups excluding tert-OH is 1. The molecule has 0 aliphatic carbocycles. The second-order valence-electron chi connectivity index (χ2n) is 3.24. The van der Waals surface area contributed by atoms with Gasteiger partial charge >= 0.3 is 0 Å². The van der Waals surface area contributed by atoms with Crippen molar-refractivity contribution in [3.63, 3.8) is 0 Å². The molecule has 1 rings (SSSR count). The van der Waals surface area contributed by atoms with Gasteiger partial charge in [0.2, 0.25) is 0 Å². The van der Waals surface area contributed by atoms with Crippen molar-refractivity contribution >= 4 is 0 Å². The lowest BCUT2D eigenvalue weighted by atomic mass is 10.0. The molecule has 1 aromatic carbocycles. The lowest BCUT2D eigenvalue weighted by molar-refractivity contribution is 0.222. The average Bonchev–Trinajstić information content (AvgIpc) is 2.27. The molecule has 0 aliphatic heterocycles. The molecule has 1 N–H and O–H groups in total. The Morgan fingerprint density at radius 2 is 1.87 bits per heavy atom. The Bertz CT molecular complexity index is 358. The van der Waals surface area contributed by atoms with E-state index in [0.717, 1.165) is 11.3 Å². The minimum Gasteiger partial charge on any atom is -0.496 e. The molecular formula is C12H16O3. The molecule has 0 fully saturated rings. The third kappa shape index (κ3) is 2.30. The summed E-state index contributed by atoms with van der Waals surface area (Å²) in [6.07, 6.45) is 0.710. The van der Waals surface area contributed by atoms with Gasteiger partial charge in [-0.3, -0.25) is 0 Å². The fraction of sp³-hybridized carbons (Fsp3) is 0.333. The topological polar surface area (TPSA) is 38.7 Å². The highest BCUT2D eigenvalue weighted by Crippen LogP contribution is 2.32. The van der Waals surface area contributed by atoms with Crippen molar-refractivity contribution in [3.05, 3.63) is 35.9 Å². The summed E-state index contributed by atoms with van der Waals surface area (Å²) >= 11 is 0. The monoisotopic (exact) mass is 208 g/mol. The number of ether oxygens (including phenoxy) is 2. The Kier molecular flexibility index (Phi) is 3.74. The minimum absolute atomic E-state index is 0.640. The van der Waals surface area contributed by atoms with E-state index < -0.39 is 6.10 Å². The highest BCUT2D eigenvalue weighted by atomic mass is 16.5. The van der Waals surface area contributed by atoms with Gasteiger partial charge in [0.25, 0.3) is 0 Å². The van der Waals surface area contributed by atoms with E-state index in [1.807, 2.05) is 13.0 Å². The van der Waals surface area contributed by atoms with Crippen LogP contribution < -0.4 is 9.47 Å². The smallest absolute Gasteiger partial charge is 0.125 e. The first kappa shape index (κ1) is 11.6. The highest BCUT2D eigenvalue weighted by molar-refractivity contribution is 5.47. The first-order chi connectivity index (χ1) is 7.13. The van der Waals surface area contributed by atoms with Gasteiger partial charge in [-0.1, -0.05) is 6.08 Å². The van der Waals surface area contributed by atoms with E-state index in [1.54, 1.807) is 20.3 Å². The molecule has 82 valence electrons. The molecule has 1 aromatic rings. The van der Waals surface area contributed by atoms with Crippen LogP contribution in [0, 0.1) is 6.92 Å². The summed E-state index contributed by atoms with van der Waals surface area (Å²) in [6.45, 7) is 5.47. The number of methoxy groups -OCH3 is 2. The van der Waals surface area contributed by atoms with Crippen LogP contribution in [0.15, 0.2) is 24.8 Å². The van der Waals surface area contributed by atoms with Gasteiger partial charge in [0, 0.05) is 5.56 Å². The lowest BCUT2D eigenvalue weighted by Crippen LogP contribution is -2.00. The maximum absolute atomic E-state index is 9.70. The zero-order chi connectivity index (χ0) is 11.4. The summed E-state index contributed by atoms with van der Waals surface area (Å²) in [4.78, 5) is 0. The van der Waals surface area contributed by atoms with Crippen molar-refractivity contribution < 1.29 is 14.6 Å². The molecule has 0 amide bonds. The number of hydrogen-bond donors (Lipinski definition) is 1. The van der Waals surface area contributed by atoms with E-state index in [1.165, 1.54) is 6.08 Å². The van der Waals surface area contributed by atoms with E-state index in [9.17, 15) is 5.11 Å². The van der Waals surface area contributed by atoms with Crippen molar-refractivity contribution in [1.29, 1.82) is 0 Å². The fourth-order valence-electron chi connectivity index (χ4n) is 1.43. The summed E-state index contributed by atoms with van der Waals surface area (Å²) in [5, 5.41) is 9.70. The van der Waals surface area contributed by atoms with Gasteiger partial charge in [-0.25, -0.2) is 0 Å². The van der Waals surface area contributed by atoms with Gasteiger partial charge in [0.05, 0.1) is 14.2 Å². The van der Waals surface area contributed by atoms with Crippen LogP contribution in [0.25, 0.3) is 0 Å². The van der Waals surface area contributed by atoms with E-state index in [2.05, 4.69) is 6.58 Å². The lowest BCUT2D eigenvalue weighted by Gasteiger charge is -2.14. The van der Waals surface area contributed by atoms with Gasteiger partial charge in [0.15, 0.2) is 0 Å². The molecule has 0 aliphatic rings. The Morgan fingerprint density at radius 3 is 2.33 bits per heavy atom. The summed E-state index contributed by atoms with van der Waals surface area (Å²) in [6, 6.07) is 3.60. The molecule has 0 spiro atoms. The van der Waals surface area contributed by atoms with Gasteiger partial charge in [-0.2, -0.15) is 0 Å². The number of aryl methyl sites for hydroxylation is 1. The molecule has 0 aromatic heterocycles. The van der Waals surface area contributed by atoms with Gasteiger partial charge in [0.1, 0.15) is 17.6 Å². The fourth-order valence-corrected chi connectivity index (χ4v) is 1.43. The molecule has 1 atom stereocenters. The maximum atomic E-state index is 9.70. The number of benzene rings is 1. The number of rotatable bonds is 4. The Morgan fingerprint density at radius 1 is 1.27 bits per heavy atom. The van der Waals surface area contributed by atoms with Crippen molar-refractivity contribution in [2.45, 2.75) is 13.0 Å². The standard InChI is InChI=1S/C12H16O3/c1-5-10(13)9-7-11(14-3)8(2)6-12(9)15-4/h5-7,10,13H,1H2,2-4H3. The third-order valence-electron chi connectivity index (χ3n) is 2.29. The average molecular weight is 208 g/mol. The van der Waals surface area contributed by atoms with Crippen LogP contribution in [0.3, 0.4) is 0 Å². The first-order valence-corrected chi connectivity index (χ1v) is 4.67. The van der Waals surface area contributed by atoms with Crippen molar-refractivity contribution in [2.75, 3.05) is 14.2 Å². The first-order valence-electron chi connectivity index (χ1n) is 4.67. The molecule has 0 bridgehead atoms. The van der Waals surface area contributed by atoms with Crippen LogP contribution in [0.1, 0.15) is 17.2 Å². The molecule has 0 heterocycles. The molecule has 0 radical (unpaired) electrons. The summed E-state index contributed by atoms with van der Waals surface area (Å²) in [5.41, 5.74) is 1.63. The van der Waals surface area contributed by atoms with Crippen LogP contribution >= 0.6 is 0 Å². The van der Waals surface area contributed by atoms with Crippen molar-refractivity contribution in [2.24, 2.45) is 0 Å². The highest BCUT2D eigenvalue weighted by Gasteiger charge is 2.13. The Labute approximate surface area is 90.0 Å². The molecule has 15 heavy (non-hydrogen) atoms. The second-order valence-corrected chi connectivity index (χ2v) is 3.24. The van der Waals surface area contributed by atoms with E-state index in [4.69, 9.17) is 9.47 Å². The molecule has 0 saturated carbocycles. The number of aliphatic hydroxyl groups is 1. The predicted octanol–water partition coefficient (Wildman–Crippen LogP) is 2.23. The van der Waals surface area contributed by atoms with E-state index in [-0.39, 0.29) is 0 Å². The van der Waals surface area contributed by atoms with Crippen LogP contribution in [0.4, 0.5) is 0 Å². The minimum atomic E-state index is -0.741. The number of hydrogen-bond acceptors (Lipinski definition) is 3. The quantitative estimate of drug-likeness (QED) is 0.771. The predicted molar refractivity (Wildman–Crippen MR) is 59.4 cm³/mol. The van der Waals surface area contributed by atoms with Gasteiger partial charge in [-0.15, -0.1) is 6.58 Å². The zero-order valence-electron chi connectivity index (χ0n) is 9.28. The Balaban J connectivity index is 3.28. The zero-order valence-corrected chi connectivity index (χ0v) is 9.28. The van der Waals surface area contributed by atoms with Crippen molar-refractivity contribution in [3.8, 4) is 11.5 Å². The Hall–Kier alpha value is -1.48. The molecule has 3 heteroatoms. The normalized spacial score (nSPS) is 12.0. The molecule has 1 unspecified atom stereocenters. The molecular weight excluding hydrogens is 192 g/mol. The van der Waals surface area contributed by atoms with Gasteiger partial charge < -0.3 is 14.6 Å². The van der Waals surface area contributed by atoms with Crippen LogP contribution in [0.5, 0.6) is 11.5 Å².